The van der Waals surface area contributed by atoms with E-state index in [1.807, 2.05) is 6.07 Å². The van der Waals surface area contributed by atoms with Crippen LogP contribution >= 0.6 is 0 Å². The first-order valence-corrected chi connectivity index (χ1v) is 11.2. The Morgan fingerprint density at radius 3 is 2.43 bits per heavy atom. The maximum absolute atomic E-state index is 13.0. The number of nitrogens with one attached hydrogen (secondary N) is 2. The van der Waals surface area contributed by atoms with Gasteiger partial charge in [0.25, 0.3) is 0 Å². The lowest BCUT2D eigenvalue weighted by atomic mass is 10.2. The second-order valence-electron chi connectivity index (χ2n) is 6.80. The van der Waals surface area contributed by atoms with Crippen molar-refractivity contribution in [3.63, 3.8) is 0 Å². The molecule has 1 saturated heterocycles. The number of amides is 1. The van der Waals surface area contributed by atoms with Crippen LogP contribution in [0.4, 0.5) is 11.4 Å². The third-order valence-corrected chi connectivity index (χ3v) is 6.60. The fraction of sp³-hybridized carbons (Fsp3) is 0.333. The lowest BCUT2D eigenvalue weighted by Crippen LogP contribution is -2.28. The van der Waals surface area contributed by atoms with E-state index < -0.39 is 10.0 Å². The second kappa shape index (κ2) is 9.61. The first-order valence-electron chi connectivity index (χ1n) is 9.75. The van der Waals surface area contributed by atoms with Gasteiger partial charge in [-0.25, -0.2) is 8.42 Å². The fourth-order valence-corrected chi connectivity index (χ4v) is 4.85. The Kier molecular flexibility index (Phi) is 6.92. The Labute approximate surface area is 176 Å². The van der Waals surface area contributed by atoms with Crippen molar-refractivity contribution in [2.45, 2.75) is 24.7 Å². The number of anilines is 2. The Morgan fingerprint density at radius 1 is 1.13 bits per heavy atom. The number of carbonyl (C=O) groups excluding carboxylic acids is 1. The van der Waals surface area contributed by atoms with Crippen molar-refractivity contribution < 1.29 is 17.9 Å². The first kappa shape index (κ1) is 21.6. The molecule has 9 heteroatoms. The highest BCUT2D eigenvalue weighted by molar-refractivity contribution is 7.89. The molecule has 0 radical (unpaired) electrons. The molecule has 1 aliphatic rings. The number of nitrogens with zero attached hydrogens (tertiary/aromatic N) is 2. The zero-order valence-corrected chi connectivity index (χ0v) is 17.5. The lowest BCUT2D eigenvalue weighted by Gasteiger charge is -2.19. The number of ether oxygens (including phenoxy) is 1. The van der Waals surface area contributed by atoms with Crippen molar-refractivity contribution in [3.05, 3.63) is 48.0 Å². The summed E-state index contributed by atoms with van der Waals surface area (Å²) in [7, 11) is -3.70. The van der Waals surface area contributed by atoms with Gasteiger partial charge in [0.05, 0.1) is 24.8 Å². The van der Waals surface area contributed by atoms with E-state index in [9.17, 15) is 13.2 Å². The zero-order valence-electron chi connectivity index (χ0n) is 16.7. The van der Waals surface area contributed by atoms with E-state index in [-0.39, 0.29) is 23.1 Å². The summed E-state index contributed by atoms with van der Waals surface area (Å²) in [4.78, 5) is 12.4. The largest absolute Gasteiger partial charge is 0.492 e. The Balaban J connectivity index is 1.72. The lowest BCUT2D eigenvalue weighted by molar-refractivity contribution is -0.114. The molecule has 1 aliphatic heterocycles. The van der Waals surface area contributed by atoms with Crippen LogP contribution in [0.5, 0.6) is 5.75 Å². The van der Waals surface area contributed by atoms with Crippen LogP contribution in [0.15, 0.2) is 47.4 Å². The van der Waals surface area contributed by atoms with Crippen molar-refractivity contribution in [1.82, 2.24) is 4.31 Å². The number of hydrogen-bond donors (Lipinski definition) is 2. The van der Waals surface area contributed by atoms with Gasteiger partial charge >= 0.3 is 0 Å². The Morgan fingerprint density at radius 2 is 1.80 bits per heavy atom. The molecule has 2 aromatic carbocycles. The average molecular weight is 429 g/mol. The van der Waals surface area contributed by atoms with Gasteiger partial charge in [-0.2, -0.15) is 9.57 Å². The number of hydrogen-bond acceptors (Lipinski definition) is 6. The molecule has 158 valence electrons. The van der Waals surface area contributed by atoms with Gasteiger partial charge in [-0.05, 0) is 62.2 Å². The molecule has 2 aromatic rings. The monoisotopic (exact) mass is 428 g/mol. The molecule has 0 spiro atoms. The predicted octanol–water partition coefficient (Wildman–Crippen LogP) is 2.79. The van der Waals surface area contributed by atoms with Gasteiger partial charge in [-0.1, -0.05) is 0 Å². The summed E-state index contributed by atoms with van der Waals surface area (Å²) >= 11 is 0. The topological polar surface area (TPSA) is 112 Å². The van der Waals surface area contributed by atoms with Gasteiger partial charge in [0.2, 0.25) is 15.9 Å². The number of nitriles is 1. The fourth-order valence-electron chi connectivity index (χ4n) is 3.18. The summed E-state index contributed by atoms with van der Waals surface area (Å²) in [6, 6.07) is 13.4. The quantitative estimate of drug-likeness (QED) is 0.669. The standard InChI is InChI=1S/C21H24N4O4S/c1-2-29-19-10-9-18(13-20(19)30(27,28)25-11-3-4-12-25)24-21(26)15-23-17-7-5-16(14-22)6-8-17/h5-10,13,23H,2-4,11-12,15H2,1H3,(H,24,26). The summed E-state index contributed by atoms with van der Waals surface area (Å²) in [5, 5.41) is 14.5. The van der Waals surface area contributed by atoms with Crippen LogP contribution < -0.4 is 15.4 Å². The molecule has 2 N–H and O–H groups in total. The van der Waals surface area contributed by atoms with Crippen molar-refractivity contribution in [3.8, 4) is 11.8 Å². The molecule has 0 aromatic heterocycles. The minimum Gasteiger partial charge on any atom is -0.492 e. The van der Waals surface area contributed by atoms with Crippen LogP contribution in [0, 0.1) is 11.3 Å². The summed E-state index contributed by atoms with van der Waals surface area (Å²) in [5.74, 6) is -0.0499. The smallest absolute Gasteiger partial charge is 0.246 e. The van der Waals surface area contributed by atoms with Crippen molar-refractivity contribution in [2.75, 3.05) is 36.9 Å². The summed E-state index contributed by atoms with van der Waals surface area (Å²) in [6.45, 7) is 3.09. The van der Waals surface area contributed by atoms with E-state index in [0.717, 1.165) is 12.8 Å². The van der Waals surface area contributed by atoms with E-state index >= 15 is 0 Å². The second-order valence-corrected chi connectivity index (χ2v) is 8.70. The summed E-state index contributed by atoms with van der Waals surface area (Å²) < 4.78 is 33.0. The highest BCUT2D eigenvalue weighted by Crippen LogP contribution is 2.31. The molecule has 8 nitrogen and oxygen atoms in total. The highest BCUT2D eigenvalue weighted by Gasteiger charge is 2.30. The first-order chi connectivity index (χ1) is 14.4. The number of benzene rings is 2. The van der Waals surface area contributed by atoms with Crippen LogP contribution in [-0.4, -0.2) is 44.9 Å². The SMILES string of the molecule is CCOc1ccc(NC(=O)CNc2ccc(C#N)cc2)cc1S(=O)(=O)N1CCCC1. The van der Waals surface area contributed by atoms with Crippen molar-refractivity contribution >= 4 is 27.3 Å². The van der Waals surface area contributed by atoms with Gasteiger partial charge in [-0.3, -0.25) is 4.79 Å². The van der Waals surface area contributed by atoms with E-state index in [1.165, 1.54) is 10.4 Å². The minimum absolute atomic E-state index is 0.00663. The maximum Gasteiger partial charge on any atom is 0.246 e. The van der Waals surface area contributed by atoms with Crippen LogP contribution in [0.1, 0.15) is 25.3 Å². The van der Waals surface area contributed by atoms with E-state index in [1.54, 1.807) is 43.3 Å². The van der Waals surface area contributed by atoms with Crippen LogP contribution in [-0.2, 0) is 14.8 Å². The summed E-state index contributed by atoms with van der Waals surface area (Å²) in [5.41, 5.74) is 1.61. The van der Waals surface area contributed by atoms with Crippen LogP contribution in [0.25, 0.3) is 0 Å². The van der Waals surface area contributed by atoms with E-state index in [2.05, 4.69) is 10.6 Å². The predicted molar refractivity (Wildman–Crippen MR) is 114 cm³/mol. The Hall–Kier alpha value is -3.09. The molecule has 0 unspecified atom stereocenters. The average Bonchev–Trinajstić information content (AvgIpc) is 3.30. The maximum atomic E-state index is 13.0. The molecule has 3 rings (SSSR count). The molecule has 1 heterocycles. The molecule has 0 aliphatic carbocycles. The minimum atomic E-state index is -3.70. The Bertz CT molecular complexity index is 1040. The van der Waals surface area contributed by atoms with E-state index in [0.29, 0.717) is 36.6 Å². The van der Waals surface area contributed by atoms with Gasteiger partial charge in [0, 0.05) is 24.5 Å². The van der Waals surface area contributed by atoms with Gasteiger partial charge in [0.1, 0.15) is 10.6 Å². The third-order valence-electron chi connectivity index (χ3n) is 4.68. The molecule has 1 amide bonds. The molecule has 30 heavy (non-hydrogen) atoms. The normalized spacial score (nSPS) is 14.1. The number of sulfonamides is 1. The number of carbonyl (C=O) groups is 1. The molecule has 1 fully saturated rings. The van der Waals surface area contributed by atoms with Gasteiger partial charge in [-0.15, -0.1) is 0 Å². The summed E-state index contributed by atoms with van der Waals surface area (Å²) in [6.07, 6.45) is 1.67. The zero-order chi connectivity index (χ0) is 21.6. The van der Waals surface area contributed by atoms with Gasteiger partial charge < -0.3 is 15.4 Å². The molecule has 0 atom stereocenters. The van der Waals surface area contributed by atoms with Crippen LogP contribution in [0.3, 0.4) is 0 Å². The van der Waals surface area contributed by atoms with E-state index in [4.69, 9.17) is 10.00 Å². The molecular weight excluding hydrogens is 404 g/mol. The van der Waals surface area contributed by atoms with Crippen molar-refractivity contribution in [2.24, 2.45) is 0 Å². The molecular formula is C21H24N4O4S. The highest BCUT2D eigenvalue weighted by atomic mass is 32.2. The molecule has 0 bridgehead atoms. The number of rotatable bonds is 8. The third kappa shape index (κ3) is 5.09. The van der Waals surface area contributed by atoms with Crippen molar-refractivity contribution in [1.29, 1.82) is 5.26 Å². The van der Waals surface area contributed by atoms with Gasteiger partial charge in [0.15, 0.2) is 0 Å². The van der Waals surface area contributed by atoms with Crippen LogP contribution in [0.2, 0.25) is 0 Å². The molecule has 0 saturated carbocycles.